The zero-order valence-corrected chi connectivity index (χ0v) is 12.6. The predicted molar refractivity (Wildman–Crippen MR) is 76.4 cm³/mol. The molecule has 1 fully saturated rings. The van der Waals surface area contributed by atoms with Gasteiger partial charge in [-0.2, -0.15) is 0 Å². The van der Waals surface area contributed by atoms with Crippen molar-refractivity contribution in [3.05, 3.63) is 0 Å². The normalized spacial score (nSPS) is 23.6. The minimum atomic E-state index is 0.563. The van der Waals surface area contributed by atoms with E-state index in [1.165, 1.54) is 38.9 Å². The van der Waals surface area contributed by atoms with Crippen molar-refractivity contribution in [1.29, 1.82) is 0 Å². The second-order valence-electron chi connectivity index (χ2n) is 6.85. The maximum atomic E-state index is 3.63. The van der Waals surface area contributed by atoms with Crippen LogP contribution in [0.15, 0.2) is 0 Å². The van der Waals surface area contributed by atoms with Gasteiger partial charge in [0, 0.05) is 19.1 Å². The van der Waals surface area contributed by atoms with Crippen molar-refractivity contribution in [3.8, 4) is 0 Å². The highest BCUT2D eigenvalue weighted by Gasteiger charge is 2.22. The molecule has 1 aliphatic heterocycles. The molecule has 0 bridgehead atoms. The summed E-state index contributed by atoms with van der Waals surface area (Å²) in [7, 11) is 0. The first kappa shape index (κ1) is 15.0. The summed E-state index contributed by atoms with van der Waals surface area (Å²) in [5, 5.41) is 3.63. The lowest BCUT2D eigenvalue weighted by molar-refractivity contribution is 0.256. The Hall–Kier alpha value is -0.0800. The van der Waals surface area contributed by atoms with Gasteiger partial charge in [0.1, 0.15) is 0 Å². The highest BCUT2D eigenvalue weighted by atomic mass is 15.1. The van der Waals surface area contributed by atoms with Crippen molar-refractivity contribution in [3.63, 3.8) is 0 Å². The predicted octanol–water partition coefficient (Wildman–Crippen LogP) is 3.13. The summed E-state index contributed by atoms with van der Waals surface area (Å²) in [6.45, 7) is 16.6. The fraction of sp³-hybridized carbons (Fsp3) is 1.00. The van der Waals surface area contributed by atoms with Crippen LogP contribution in [0.1, 0.15) is 53.9 Å². The van der Waals surface area contributed by atoms with E-state index >= 15 is 0 Å². The van der Waals surface area contributed by atoms with Crippen LogP contribution in [0.2, 0.25) is 0 Å². The number of likely N-dealkylation sites (tertiary alicyclic amines) is 1. The summed E-state index contributed by atoms with van der Waals surface area (Å²) in [6, 6.07) is 0.637. The van der Waals surface area contributed by atoms with Crippen LogP contribution in [0.5, 0.6) is 0 Å². The molecule has 0 aromatic carbocycles. The smallest absolute Gasteiger partial charge is 0.0107 e. The second-order valence-corrected chi connectivity index (χ2v) is 6.85. The number of rotatable bonds is 5. The summed E-state index contributed by atoms with van der Waals surface area (Å²) in [5.41, 5.74) is 0.563. The van der Waals surface area contributed by atoms with Gasteiger partial charge in [0.2, 0.25) is 0 Å². The first-order valence-corrected chi connectivity index (χ1v) is 7.36. The van der Waals surface area contributed by atoms with Crippen molar-refractivity contribution in [2.24, 2.45) is 11.3 Å². The zero-order valence-electron chi connectivity index (χ0n) is 12.6. The molecule has 1 saturated heterocycles. The molecule has 0 amide bonds. The Bertz CT molecular complexity index is 211. The van der Waals surface area contributed by atoms with Crippen molar-refractivity contribution >= 4 is 0 Å². The van der Waals surface area contributed by atoms with Gasteiger partial charge in [-0.05, 0) is 50.6 Å². The molecule has 1 N–H and O–H groups in total. The van der Waals surface area contributed by atoms with Gasteiger partial charge in [-0.1, -0.05) is 27.7 Å². The third kappa shape index (κ3) is 5.87. The lowest BCUT2D eigenvalue weighted by atomic mass is 9.85. The van der Waals surface area contributed by atoms with E-state index in [1.54, 1.807) is 0 Å². The van der Waals surface area contributed by atoms with Gasteiger partial charge in [0.15, 0.2) is 0 Å². The maximum Gasteiger partial charge on any atom is 0.0107 e. The van der Waals surface area contributed by atoms with Gasteiger partial charge in [0.05, 0.1) is 0 Å². The van der Waals surface area contributed by atoms with Gasteiger partial charge < -0.3 is 10.2 Å². The van der Waals surface area contributed by atoms with E-state index in [0.717, 1.165) is 12.5 Å². The fourth-order valence-electron chi connectivity index (χ4n) is 2.39. The molecule has 0 aromatic rings. The number of hydrogen-bond acceptors (Lipinski definition) is 2. The van der Waals surface area contributed by atoms with E-state index in [-0.39, 0.29) is 0 Å². The number of hydrogen-bond donors (Lipinski definition) is 1. The van der Waals surface area contributed by atoms with E-state index in [2.05, 4.69) is 44.8 Å². The second kappa shape index (κ2) is 6.75. The average Bonchev–Trinajstić information content (AvgIpc) is 2.40. The van der Waals surface area contributed by atoms with Gasteiger partial charge in [-0.3, -0.25) is 0 Å². The molecule has 0 aromatic heterocycles. The highest BCUT2D eigenvalue weighted by molar-refractivity contribution is 4.76. The van der Waals surface area contributed by atoms with Gasteiger partial charge >= 0.3 is 0 Å². The molecule has 0 spiro atoms. The van der Waals surface area contributed by atoms with E-state index in [4.69, 9.17) is 0 Å². The molecule has 0 saturated carbocycles. The van der Waals surface area contributed by atoms with Crippen molar-refractivity contribution in [2.45, 2.75) is 59.9 Å². The Morgan fingerprint density at radius 1 is 1.12 bits per heavy atom. The zero-order chi connectivity index (χ0) is 12.9. The molecule has 0 aliphatic carbocycles. The average molecular weight is 240 g/mol. The van der Waals surface area contributed by atoms with Crippen LogP contribution in [-0.4, -0.2) is 37.1 Å². The van der Waals surface area contributed by atoms with Gasteiger partial charge in [0.25, 0.3) is 0 Å². The molecule has 2 heteroatoms. The molecular weight excluding hydrogens is 208 g/mol. The Labute approximate surface area is 108 Å². The quantitative estimate of drug-likeness (QED) is 0.794. The molecule has 102 valence electrons. The third-order valence-corrected chi connectivity index (χ3v) is 4.33. The van der Waals surface area contributed by atoms with Crippen molar-refractivity contribution in [2.75, 3.05) is 26.2 Å². The molecule has 1 aliphatic rings. The SMILES string of the molecule is CC(C)C(C)NCCN1CCCC(C)(C)CC1. The Balaban J connectivity index is 2.19. The molecule has 1 unspecified atom stereocenters. The van der Waals surface area contributed by atoms with Crippen molar-refractivity contribution < 1.29 is 0 Å². The lowest BCUT2D eigenvalue weighted by Crippen LogP contribution is -2.38. The molecule has 1 heterocycles. The largest absolute Gasteiger partial charge is 0.313 e. The van der Waals surface area contributed by atoms with E-state index in [9.17, 15) is 0 Å². The summed E-state index contributed by atoms with van der Waals surface area (Å²) in [5.74, 6) is 0.734. The molecule has 1 atom stereocenters. The van der Waals surface area contributed by atoms with Gasteiger partial charge in [-0.15, -0.1) is 0 Å². The summed E-state index contributed by atoms with van der Waals surface area (Å²) in [4.78, 5) is 2.63. The minimum absolute atomic E-state index is 0.563. The van der Waals surface area contributed by atoms with Crippen LogP contribution in [-0.2, 0) is 0 Å². The van der Waals surface area contributed by atoms with E-state index < -0.39 is 0 Å². The molecule has 1 rings (SSSR count). The topological polar surface area (TPSA) is 15.3 Å². The van der Waals surface area contributed by atoms with Crippen LogP contribution in [0.4, 0.5) is 0 Å². The number of nitrogens with one attached hydrogen (secondary N) is 1. The summed E-state index contributed by atoms with van der Waals surface area (Å²) >= 11 is 0. The summed E-state index contributed by atoms with van der Waals surface area (Å²) < 4.78 is 0. The van der Waals surface area contributed by atoms with E-state index in [1.807, 2.05) is 0 Å². The maximum absolute atomic E-state index is 3.63. The lowest BCUT2D eigenvalue weighted by Gasteiger charge is -2.24. The van der Waals surface area contributed by atoms with E-state index in [0.29, 0.717) is 11.5 Å². The monoisotopic (exact) mass is 240 g/mol. The highest BCUT2D eigenvalue weighted by Crippen LogP contribution is 2.29. The molecule has 2 nitrogen and oxygen atoms in total. The van der Waals surface area contributed by atoms with Crippen LogP contribution in [0, 0.1) is 11.3 Å². The summed E-state index contributed by atoms with van der Waals surface area (Å²) in [6.07, 6.45) is 4.11. The first-order valence-electron chi connectivity index (χ1n) is 7.36. The third-order valence-electron chi connectivity index (χ3n) is 4.33. The Morgan fingerprint density at radius 3 is 2.47 bits per heavy atom. The molecular formula is C15H32N2. The molecule has 17 heavy (non-hydrogen) atoms. The van der Waals surface area contributed by atoms with Crippen LogP contribution < -0.4 is 5.32 Å². The molecule has 0 radical (unpaired) electrons. The minimum Gasteiger partial charge on any atom is -0.313 e. The number of nitrogens with zero attached hydrogens (tertiary/aromatic N) is 1. The van der Waals surface area contributed by atoms with Crippen molar-refractivity contribution in [1.82, 2.24) is 10.2 Å². The van der Waals surface area contributed by atoms with Gasteiger partial charge in [-0.25, -0.2) is 0 Å². The first-order chi connectivity index (χ1) is 7.91. The van der Waals surface area contributed by atoms with Crippen LogP contribution in [0.25, 0.3) is 0 Å². The standard InChI is InChI=1S/C15H32N2/c1-13(2)14(3)16-9-12-17-10-6-7-15(4,5)8-11-17/h13-14,16H,6-12H2,1-5H3. The Morgan fingerprint density at radius 2 is 1.82 bits per heavy atom. The Kier molecular flexibility index (Phi) is 5.94. The van der Waals surface area contributed by atoms with Crippen LogP contribution in [0.3, 0.4) is 0 Å². The van der Waals surface area contributed by atoms with Crippen LogP contribution >= 0.6 is 0 Å². The fourth-order valence-corrected chi connectivity index (χ4v) is 2.39.